The number of hydrogen-bond donors (Lipinski definition) is 1. The number of hydrogen-bond acceptors (Lipinski definition) is 7. The van der Waals surface area contributed by atoms with Crippen LogP contribution < -0.4 is 5.32 Å². The second-order valence-corrected chi connectivity index (χ2v) is 5.77. The fraction of sp³-hybridized carbons (Fsp3) is 0.222. The van der Waals surface area contributed by atoms with E-state index in [1.807, 2.05) is 0 Å². The first-order valence-corrected chi connectivity index (χ1v) is 8.30. The normalized spacial score (nSPS) is 11.3. The highest BCUT2D eigenvalue weighted by atomic mass is 19.4. The molecule has 3 rings (SSSR count). The van der Waals surface area contributed by atoms with Crippen LogP contribution in [0.4, 0.5) is 18.9 Å². The van der Waals surface area contributed by atoms with E-state index in [0.717, 1.165) is 24.3 Å². The molecule has 29 heavy (non-hydrogen) atoms. The van der Waals surface area contributed by atoms with Crippen molar-refractivity contribution in [3.63, 3.8) is 0 Å². The molecule has 0 aliphatic carbocycles. The van der Waals surface area contributed by atoms with Crippen LogP contribution in [0.25, 0.3) is 11.6 Å². The molecule has 0 saturated heterocycles. The molecular weight excluding hydrogens is 395 g/mol. The Hall–Kier alpha value is -3.63. The number of esters is 1. The smallest absolute Gasteiger partial charge is 0.416 e. The summed E-state index contributed by atoms with van der Waals surface area (Å²) in [5.41, 5.74) is -0.687. The van der Waals surface area contributed by atoms with Gasteiger partial charge in [0.1, 0.15) is 0 Å². The summed E-state index contributed by atoms with van der Waals surface area (Å²) in [4.78, 5) is 27.5. The van der Waals surface area contributed by atoms with E-state index < -0.39 is 30.2 Å². The van der Waals surface area contributed by atoms with Gasteiger partial charge in [-0.15, -0.1) is 0 Å². The number of rotatable bonds is 7. The second kappa shape index (κ2) is 8.59. The predicted molar refractivity (Wildman–Crippen MR) is 91.4 cm³/mol. The van der Waals surface area contributed by atoms with Crippen LogP contribution in [-0.2, 0) is 26.9 Å². The van der Waals surface area contributed by atoms with Gasteiger partial charge < -0.3 is 19.0 Å². The molecule has 2 aromatic heterocycles. The van der Waals surface area contributed by atoms with Crippen molar-refractivity contribution in [2.45, 2.75) is 19.0 Å². The number of amides is 1. The lowest BCUT2D eigenvalue weighted by molar-refractivity contribution is -0.147. The van der Waals surface area contributed by atoms with Gasteiger partial charge in [0.15, 0.2) is 12.4 Å². The Morgan fingerprint density at radius 1 is 1.14 bits per heavy atom. The Labute approximate surface area is 161 Å². The van der Waals surface area contributed by atoms with Gasteiger partial charge in [0.2, 0.25) is 11.7 Å². The Kier molecular flexibility index (Phi) is 5.96. The first-order valence-electron chi connectivity index (χ1n) is 8.30. The number of nitrogens with zero attached hydrogens (tertiary/aromatic N) is 2. The number of alkyl halides is 3. The Balaban J connectivity index is 1.40. The molecule has 0 bridgehead atoms. The Morgan fingerprint density at radius 3 is 2.55 bits per heavy atom. The number of anilines is 1. The zero-order valence-corrected chi connectivity index (χ0v) is 14.7. The van der Waals surface area contributed by atoms with Crippen molar-refractivity contribution < 1.29 is 36.4 Å². The standard InChI is InChI=1S/C18H14F3N3O5/c19-18(20,21)11-3-5-12(6-4-11)22-14(25)10-28-16(26)8-7-15-23-17(24-29-15)13-2-1-9-27-13/h1-6,9H,7-8,10H2,(H,22,25). The molecule has 0 unspecified atom stereocenters. The van der Waals surface area contributed by atoms with Crippen molar-refractivity contribution in [3.05, 3.63) is 54.1 Å². The van der Waals surface area contributed by atoms with Crippen molar-refractivity contribution in [2.24, 2.45) is 0 Å². The van der Waals surface area contributed by atoms with Crippen LogP contribution in [0.5, 0.6) is 0 Å². The molecule has 11 heteroatoms. The number of benzene rings is 1. The van der Waals surface area contributed by atoms with E-state index in [2.05, 4.69) is 15.5 Å². The summed E-state index contributed by atoms with van der Waals surface area (Å²) >= 11 is 0. The number of carbonyl (C=O) groups is 2. The minimum absolute atomic E-state index is 0.104. The summed E-state index contributed by atoms with van der Waals surface area (Å²) in [5.74, 6) is -0.499. The third-order valence-corrected chi connectivity index (χ3v) is 3.61. The van der Waals surface area contributed by atoms with Gasteiger partial charge in [-0.1, -0.05) is 5.16 Å². The molecule has 0 atom stereocenters. The number of nitrogens with one attached hydrogen (secondary N) is 1. The van der Waals surface area contributed by atoms with Gasteiger partial charge in [0, 0.05) is 12.1 Å². The highest BCUT2D eigenvalue weighted by molar-refractivity contribution is 5.92. The summed E-state index contributed by atoms with van der Waals surface area (Å²) < 4.78 is 52.4. The zero-order valence-electron chi connectivity index (χ0n) is 14.7. The minimum atomic E-state index is -4.46. The molecule has 0 fully saturated rings. The van der Waals surface area contributed by atoms with Crippen molar-refractivity contribution in [1.29, 1.82) is 0 Å². The fourth-order valence-corrected chi connectivity index (χ4v) is 2.23. The second-order valence-electron chi connectivity index (χ2n) is 5.77. The summed E-state index contributed by atoms with van der Waals surface area (Å²) in [7, 11) is 0. The molecule has 0 saturated carbocycles. The molecule has 2 heterocycles. The maximum absolute atomic E-state index is 12.5. The average molecular weight is 409 g/mol. The maximum Gasteiger partial charge on any atom is 0.416 e. The Morgan fingerprint density at radius 2 is 1.90 bits per heavy atom. The first kappa shape index (κ1) is 20.1. The van der Waals surface area contributed by atoms with Crippen molar-refractivity contribution in [1.82, 2.24) is 10.1 Å². The van der Waals surface area contributed by atoms with E-state index in [1.165, 1.54) is 6.26 Å². The molecule has 3 aromatic rings. The quantitative estimate of drug-likeness (QED) is 0.596. The molecule has 0 radical (unpaired) electrons. The summed E-state index contributed by atoms with van der Waals surface area (Å²) in [5, 5.41) is 6.05. The molecule has 1 amide bonds. The SMILES string of the molecule is O=C(COC(=O)CCc1nc(-c2ccco2)no1)Nc1ccc(C(F)(F)F)cc1. The van der Waals surface area contributed by atoms with E-state index in [-0.39, 0.29) is 30.2 Å². The van der Waals surface area contributed by atoms with Crippen LogP contribution in [-0.4, -0.2) is 28.6 Å². The molecule has 0 spiro atoms. The Bertz CT molecular complexity index is 966. The van der Waals surface area contributed by atoms with Crippen LogP contribution in [0.2, 0.25) is 0 Å². The van der Waals surface area contributed by atoms with Gasteiger partial charge in [-0.25, -0.2) is 0 Å². The lowest BCUT2D eigenvalue weighted by atomic mass is 10.2. The molecule has 0 aliphatic rings. The number of aromatic nitrogens is 2. The van der Waals surface area contributed by atoms with Crippen LogP contribution in [0.15, 0.2) is 51.6 Å². The van der Waals surface area contributed by atoms with Gasteiger partial charge in [-0.3, -0.25) is 9.59 Å². The topological polar surface area (TPSA) is 107 Å². The number of carbonyl (C=O) groups excluding carboxylic acids is 2. The summed E-state index contributed by atoms with van der Waals surface area (Å²) in [6.07, 6.45) is -3.01. The third kappa shape index (κ3) is 5.67. The molecule has 1 N–H and O–H groups in total. The molecule has 152 valence electrons. The summed E-state index contributed by atoms with van der Waals surface area (Å²) in [6.45, 7) is -0.582. The maximum atomic E-state index is 12.5. The van der Waals surface area contributed by atoms with Crippen LogP contribution in [0.3, 0.4) is 0 Å². The van der Waals surface area contributed by atoms with Gasteiger partial charge in [-0.2, -0.15) is 18.2 Å². The fourth-order valence-electron chi connectivity index (χ4n) is 2.23. The molecule has 0 aliphatic heterocycles. The van der Waals surface area contributed by atoms with E-state index in [1.54, 1.807) is 12.1 Å². The van der Waals surface area contributed by atoms with E-state index in [0.29, 0.717) is 5.76 Å². The highest BCUT2D eigenvalue weighted by Crippen LogP contribution is 2.29. The van der Waals surface area contributed by atoms with Crippen molar-refractivity contribution in [3.8, 4) is 11.6 Å². The van der Waals surface area contributed by atoms with Gasteiger partial charge in [0.25, 0.3) is 5.91 Å². The average Bonchev–Trinajstić information content (AvgIpc) is 3.36. The van der Waals surface area contributed by atoms with Gasteiger partial charge in [-0.05, 0) is 36.4 Å². The van der Waals surface area contributed by atoms with Crippen LogP contribution in [0.1, 0.15) is 17.9 Å². The van der Waals surface area contributed by atoms with E-state index >= 15 is 0 Å². The lowest BCUT2D eigenvalue weighted by Gasteiger charge is -2.09. The number of furan rings is 1. The van der Waals surface area contributed by atoms with Gasteiger partial charge >= 0.3 is 12.1 Å². The van der Waals surface area contributed by atoms with E-state index in [9.17, 15) is 22.8 Å². The van der Waals surface area contributed by atoms with Crippen molar-refractivity contribution >= 4 is 17.6 Å². The monoisotopic (exact) mass is 409 g/mol. The summed E-state index contributed by atoms with van der Waals surface area (Å²) in [6, 6.07) is 7.20. The molecule has 1 aromatic carbocycles. The van der Waals surface area contributed by atoms with Crippen LogP contribution >= 0.6 is 0 Å². The van der Waals surface area contributed by atoms with Crippen LogP contribution in [0, 0.1) is 0 Å². The zero-order chi connectivity index (χ0) is 20.9. The first-order chi connectivity index (χ1) is 13.8. The minimum Gasteiger partial charge on any atom is -0.461 e. The number of ether oxygens (including phenoxy) is 1. The van der Waals surface area contributed by atoms with Gasteiger partial charge in [0.05, 0.1) is 18.2 Å². The van der Waals surface area contributed by atoms with Crippen molar-refractivity contribution in [2.75, 3.05) is 11.9 Å². The third-order valence-electron chi connectivity index (χ3n) is 3.61. The molecular formula is C18H14F3N3O5. The lowest BCUT2D eigenvalue weighted by Crippen LogP contribution is -2.21. The molecule has 8 nitrogen and oxygen atoms in total. The number of halogens is 3. The predicted octanol–water partition coefficient (Wildman–Crippen LogP) is 3.46. The highest BCUT2D eigenvalue weighted by Gasteiger charge is 2.30. The number of aryl methyl sites for hydroxylation is 1. The largest absolute Gasteiger partial charge is 0.461 e. The van der Waals surface area contributed by atoms with E-state index in [4.69, 9.17) is 13.7 Å².